The number of carbonyl (C=O) groups is 1. The van der Waals surface area contributed by atoms with Gasteiger partial charge in [0.2, 0.25) is 0 Å². The molecular weight excluding hydrogens is 198 g/mol. The van der Waals surface area contributed by atoms with Gasteiger partial charge in [0.1, 0.15) is 5.54 Å². The average Bonchev–Trinajstić information content (AvgIpc) is 2.88. The van der Waals surface area contributed by atoms with Gasteiger partial charge in [0.15, 0.2) is 0 Å². The van der Waals surface area contributed by atoms with Gasteiger partial charge in [-0.1, -0.05) is 6.92 Å². The quantitative estimate of drug-likeness (QED) is 0.638. The Morgan fingerprint density at radius 3 is 2.71 bits per heavy atom. The van der Waals surface area contributed by atoms with E-state index in [2.05, 4.69) is 12.2 Å². The molecular formula is C10H19NO2S. The van der Waals surface area contributed by atoms with Crippen LogP contribution in [0.15, 0.2) is 0 Å². The zero-order valence-corrected chi connectivity index (χ0v) is 9.69. The van der Waals surface area contributed by atoms with Crippen LogP contribution in [0, 0.1) is 0 Å². The Balaban J connectivity index is 2.38. The summed E-state index contributed by atoms with van der Waals surface area (Å²) in [6.07, 6.45) is 2.96. The van der Waals surface area contributed by atoms with Crippen LogP contribution in [0.1, 0.15) is 33.1 Å². The molecule has 0 heterocycles. The van der Waals surface area contributed by atoms with Gasteiger partial charge in [0.25, 0.3) is 0 Å². The Labute approximate surface area is 89.6 Å². The lowest BCUT2D eigenvalue weighted by Gasteiger charge is -2.26. The molecule has 1 unspecified atom stereocenters. The second-order valence-corrected chi connectivity index (χ2v) is 5.40. The van der Waals surface area contributed by atoms with E-state index in [1.54, 1.807) is 18.7 Å². The molecule has 2 N–H and O–H groups in total. The van der Waals surface area contributed by atoms with Gasteiger partial charge in [-0.3, -0.25) is 10.1 Å². The number of thioether (sulfide) groups is 1. The first kappa shape index (κ1) is 11.9. The van der Waals surface area contributed by atoms with Crippen molar-refractivity contribution in [2.24, 2.45) is 0 Å². The number of hydrogen-bond donors (Lipinski definition) is 2. The van der Waals surface area contributed by atoms with Gasteiger partial charge in [0.05, 0.1) is 0 Å². The minimum Gasteiger partial charge on any atom is -0.480 e. The molecule has 0 radical (unpaired) electrons. The summed E-state index contributed by atoms with van der Waals surface area (Å²) < 4.78 is 0. The number of nitrogens with one attached hydrogen (secondary N) is 1. The highest BCUT2D eigenvalue weighted by Gasteiger charge is 2.37. The zero-order valence-electron chi connectivity index (χ0n) is 8.88. The van der Waals surface area contributed by atoms with E-state index < -0.39 is 11.5 Å². The lowest BCUT2D eigenvalue weighted by Crippen LogP contribution is -2.51. The van der Waals surface area contributed by atoms with Crippen LogP contribution in [0.25, 0.3) is 0 Å². The predicted molar refractivity (Wildman–Crippen MR) is 59.8 cm³/mol. The minimum absolute atomic E-state index is 0.447. The molecule has 0 spiro atoms. The van der Waals surface area contributed by atoms with Crippen molar-refractivity contribution in [1.29, 1.82) is 0 Å². The van der Waals surface area contributed by atoms with Crippen LogP contribution in [0.2, 0.25) is 0 Å². The van der Waals surface area contributed by atoms with Crippen LogP contribution in [0.3, 0.4) is 0 Å². The van der Waals surface area contributed by atoms with Crippen molar-refractivity contribution in [1.82, 2.24) is 5.32 Å². The molecule has 0 aliphatic heterocycles. The fourth-order valence-corrected chi connectivity index (χ4v) is 2.18. The van der Waals surface area contributed by atoms with Crippen LogP contribution in [0.4, 0.5) is 0 Å². The summed E-state index contributed by atoms with van der Waals surface area (Å²) in [7, 11) is 0. The second-order valence-electron chi connectivity index (χ2n) is 4.00. The van der Waals surface area contributed by atoms with Gasteiger partial charge < -0.3 is 5.11 Å². The summed E-state index contributed by atoms with van der Waals surface area (Å²) in [6.45, 7) is 3.89. The summed E-state index contributed by atoms with van der Waals surface area (Å²) in [5.41, 5.74) is -0.719. The van der Waals surface area contributed by atoms with E-state index in [4.69, 9.17) is 5.11 Å². The van der Waals surface area contributed by atoms with Crippen molar-refractivity contribution < 1.29 is 9.90 Å². The Morgan fingerprint density at radius 2 is 2.29 bits per heavy atom. The first-order chi connectivity index (χ1) is 6.58. The third-order valence-corrected chi connectivity index (χ3v) is 3.42. The molecule has 1 saturated carbocycles. The lowest BCUT2D eigenvalue weighted by atomic mass is 9.99. The molecule has 1 atom stereocenters. The van der Waals surface area contributed by atoms with Crippen LogP contribution in [-0.4, -0.2) is 34.2 Å². The summed E-state index contributed by atoms with van der Waals surface area (Å²) in [5.74, 6) is 1.25. The van der Waals surface area contributed by atoms with Gasteiger partial charge >= 0.3 is 5.97 Å². The van der Waals surface area contributed by atoms with Crippen molar-refractivity contribution in [3.63, 3.8) is 0 Å². The number of hydrogen-bond acceptors (Lipinski definition) is 3. The molecule has 0 aromatic carbocycles. The molecule has 0 amide bonds. The highest BCUT2D eigenvalue weighted by atomic mass is 32.2. The molecule has 0 saturated heterocycles. The van der Waals surface area contributed by atoms with Gasteiger partial charge in [-0.15, -0.1) is 0 Å². The third-order valence-electron chi connectivity index (χ3n) is 2.52. The molecule has 14 heavy (non-hydrogen) atoms. The van der Waals surface area contributed by atoms with Crippen LogP contribution < -0.4 is 5.32 Å². The van der Waals surface area contributed by atoms with Crippen LogP contribution >= 0.6 is 11.8 Å². The molecule has 0 bridgehead atoms. The minimum atomic E-state index is -0.721. The maximum atomic E-state index is 11.1. The first-order valence-electron chi connectivity index (χ1n) is 5.17. The van der Waals surface area contributed by atoms with E-state index in [1.165, 1.54) is 0 Å². The van der Waals surface area contributed by atoms with Crippen LogP contribution in [-0.2, 0) is 4.79 Å². The molecule has 1 aliphatic rings. The molecule has 82 valence electrons. The largest absolute Gasteiger partial charge is 0.480 e. The first-order valence-corrected chi connectivity index (χ1v) is 6.33. The highest BCUT2D eigenvalue weighted by Crippen LogP contribution is 2.25. The Morgan fingerprint density at radius 1 is 1.64 bits per heavy atom. The topological polar surface area (TPSA) is 49.3 Å². The summed E-state index contributed by atoms with van der Waals surface area (Å²) >= 11 is 1.80. The smallest absolute Gasteiger partial charge is 0.323 e. The number of carboxylic acid groups (broad SMARTS) is 1. The monoisotopic (exact) mass is 217 g/mol. The average molecular weight is 217 g/mol. The van der Waals surface area contributed by atoms with Crippen molar-refractivity contribution in [2.75, 3.05) is 11.5 Å². The predicted octanol–water partition coefficient (Wildman–Crippen LogP) is 1.72. The number of aliphatic carboxylic acids is 1. The lowest BCUT2D eigenvalue weighted by molar-refractivity contribution is -0.144. The SMILES string of the molecule is CCSCCC(C)(NC1CC1)C(=O)O. The van der Waals surface area contributed by atoms with Gasteiger partial charge in [0, 0.05) is 6.04 Å². The van der Waals surface area contributed by atoms with Crippen molar-refractivity contribution in [3.8, 4) is 0 Å². The van der Waals surface area contributed by atoms with Gasteiger partial charge in [-0.05, 0) is 37.7 Å². The van der Waals surface area contributed by atoms with E-state index in [0.717, 1.165) is 24.3 Å². The molecule has 4 heteroatoms. The van der Waals surface area contributed by atoms with Crippen molar-refractivity contribution >= 4 is 17.7 Å². The number of rotatable bonds is 7. The van der Waals surface area contributed by atoms with E-state index in [9.17, 15) is 4.79 Å². The molecule has 3 nitrogen and oxygen atoms in total. The summed E-state index contributed by atoms with van der Waals surface area (Å²) in [6, 6.07) is 0.447. The molecule has 0 aromatic heterocycles. The van der Waals surface area contributed by atoms with E-state index in [0.29, 0.717) is 12.5 Å². The third kappa shape index (κ3) is 3.50. The number of carboxylic acids is 1. The molecule has 1 fully saturated rings. The van der Waals surface area contributed by atoms with E-state index >= 15 is 0 Å². The highest BCUT2D eigenvalue weighted by molar-refractivity contribution is 7.99. The second kappa shape index (κ2) is 5.03. The molecule has 1 aliphatic carbocycles. The standard InChI is InChI=1S/C10H19NO2S/c1-3-14-7-6-10(2,9(12)13)11-8-4-5-8/h8,11H,3-7H2,1-2H3,(H,12,13). The summed E-state index contributed by atoms with van der Waals surface area (Å²) in [4.78, 5) is 11.1. The van der Waals surface area contributed by atoms with E-state index in [1.807, 2.05) is 0 Å². The van der Waals surface area contributed by atoms with Crippen LogP contribution in [0.5, 0.6) is 0 Å². The fourth-order valence-electron chi connectivity index (χ4n) is 1.34. The van der Waals surface area contributed by atoms with E-state index in [-0.39, 0.29) is 0 Å². The zero-order chi connectivity index (χ0) is 10.6. The Hall–Kier alpha value is -0.220. The summed E-state index contributed by atoms with van der Waals surface area (Å²) in [5, 5.41) is 12.3. The Bertz CT molecular complexity index is 206. The maximum Gasteiger partial charge on any atom is 0.323 e. The van der Waals surface area contributed by atoms with Crippen molar-refractivity contribution in [2.45, 2.75) is 44.7 Å². The maximum absolute atomic E-state index is 11.1. The van der Waals surface area contributed by atoms with Crippen molar-refractivity contribution in [3.05, 3.63) is 0 Å². The molecule has 1 rings (SSSR count). The van der Waals surface area contributed by atoms with Gasteiger partial charge in [-0.2, -0.15) is 11.8 Å². The van der Waals surface area contributed by atoms with Gasteiger partial charge in [-0.25, -0.2) is 0 Å². The normalized spacial score (nSPS) is 20.4. The Kier molecular flexibility index (Phi) is 4.26. The fraction of sp³-hybridized carbons (Fsp3) is 0.900. The molecule has 0 aromatic rings.